The molecule has 0 saturated carbocycles. The molecule has 3 rings (SSSR count). The van der Waals surface area contributed by atoms with Crippen LogP contribution in [0.2, 0.25) is 0 Å². The number of benzene rings is 2. The van der Waals surface area contributed by atoms with Crippen LogP contribution in [0.15, 0.2) is 54.9 Å². The van der Waals surface area contributed by atoms with E-state index in [1.165, 1.54) is 0 Å². The van der Waals surface area contributed by atoms with Gasteiger partial charge in [0.2, 0.25) is 0 Å². The average Bonchev–Trinajstić information content (AvgIpc) is 2.98. The Morgan fingerprint density at radius 2 is 1.87 bits per heavy atom. The predicted octanol–water partition coefficient (Wildman–Crippen LogP) is 0.712. The third-order valence-corrected chi connectivity index (χ3v) is 3.63. The number of para-hydroxylation sites is 2. The molecule has 2 aromatic carbocycles. The predicted molar refractivity (Wildman–Crippen MR) is 86.3 cm³/mol. The fraction of sp³-hybridized carbons (Fsp3) is 0.222. The standard InChI is InChI=1S/C18H18N2O2.ClH/c1-2-18(21)14-7-9-15(10-8-14)22-12-11-20-13-19-16-5-3-4-6-17(16)20;/h3-10,13H,2,11-12H2,1H3;1H/p-1. The van der Waals surface area contributed by atoms with Crippen LogP contribution >= 0.6 is 0 Å². The molecule has 4 nitrogen and oxygen atoms in total. The number of imidazole rings is 1. The Kier molecular flexibility index (Phi) is 5.77. The highest BCUT2D eigenvalue weighted by molar-refractivity contribution is 5.95. The van der Waals surface area contributed by atoms with E-state index >= 15 is 0 Å². The molecule has 0 spiro atoms. The van der Waals surface area contributed by atoms with Gasteiger partial charge in [-0.05, 0) is 36.4 Å². The first-order chi connectivity index (χ1) is 10.8. The van der Waals surface area contributed by atoms with Crippen LogP contribution in [0.1, 0.15) is 23.7 Å². The Morgan fingerprint density at radius 3 is 2.61 bits per heavy atom. The quantitative estimate of drug-likeness (QED) is 0.626. The Bertz CT molecular complexity index is 781. The number of carbonyl (C=O) groups is 1. The summed E-state index contributed by atoms with van der Waals surface area (Å²) in [6.07, 6.45) is 2.35. The van der Waals surface area contributed by atoms with Crippen molar-refractivity contribution in [1.82, 2.24) is 9.55 Å². The lowest BCUT2D eigenvalue weighted by Crippen LogP contribution is -3.00. The molecule has 23 heavy (non-hydrogen) atoms. The zero-order valence-corrected chi connectivity index (χ0v) is 13.7. The largest absolute Gasteiger partial charge is 1.00 e. The third kappa shape index (κ3) is 3.90. The molecule has 0 saturated heterocycles. The molecule has 0 N–H and O–H groups in total. The molecule has 0 aliphatic heterocycles. The molecule has 3 aromatic rings. The highest BCUT2D eigenvalue weighted by Crippen LogP contribution is 2.15. The Labute approximate surface area is 141 Å². The van der Waals surface area contributed by atoms with Crippen molar-refractivity contribution in [3.05, 3.63) is 60.4 Å². The number of halogens is 1. The minimum Gasteiger partial charge on any atom is -1.00 e. The summed E-state index contributed by atoms with van der Waals surface area (Å²) < 4.78 is 7.81. The summed E-state index contributed by atoms with van der Waals surface area (Å²) in [5, 5.41) is 0. The van der Waals surface area contributed by atoms with Crippen molar-refractivity contribution >= 4 is 16.8 Å². The van der Waals surface area contributed by atoms with E-state index in [0.717, 1.165) is 28.9 Å². The number of ether oxygens (including phenoxy) is 1. The first-order valence-electron chi connectivity index (χ1n) is 7.44. The van der Waals surface area contributed by atoms with Crippen LogP contribution in [0, 0.1) is 0 Å². The maximum Gasteiger partial charge on any atom is 0.162 e. The van der Waals surface area contributed by atoms with E-state index in [2.05, 4.69) is 9.55 Å². The molecule has 0 fully saturated rings. The Balaban J connectivity index is 0.00000192. The average molecular weight is 330 g/mol. The van der Waals surface area contributed by atoms with E-state index in [1.54, 1.807) is 0 Å². The van der Waals surface area contributed by atoms with Gasteiger partial charge >= 0.3 is 0 Å². The third-order valence-electron chi connectivity index (χ3n) is 3.63. The second-order valence-electron chi connectivity index (χ2n) is 5.08. The number of carbonyl (C=O) groups excluding carboxylic acids is 1. The fourth-order valence-corrected chi connectivity index (χ4v) is 2.39. The SMILES string of the molecule is CCC(=O)c1ccc(OCCn2cnc3ccccc32)cc1.[Cl-]. The summed E-state index contributed by atoms with van der Waals surface area (Å²) in [5.41, 5.74) is 2.83. The van der Waals surface area contributed by atoms with E-state index in [-0.39, 0.29) is 18.2 Å². The van der Waals surface area contributed by atoms with Crippen LogP contribution in [0.3, 0.4) is 0 Å². The molecule has 5 heteroatoms. The monoisotopic (exact) mass is 329 g/mol. The molecule has 0 radical (unpaired) electrons. The minimum absolute atomic E-state index is 0. The van der Waals surface area contributed by atoms with Gasteiger partial charge < -0.3 is 21.7 Å². The minimum atomic E-state index is 0. The number of rotatable bonds is 6. The van der Waals surface area contributed by atoms with Crippen LogP contribution in [-0.2, 0) is 6.54 Å². The van der Waals surface area contributed by atoms with Gasteiger partial charge in [-0.25, -0.2) is 4.98 Å². The fourth-order valence-electron chi connectivity index (χ4n) is 2.39. The van der Waals surface area contributed by atoms with Crippen molar-refractivity contribution < 1.29 is 21.9 Å². The van der Waals surface area contributed by atoms with Crippen LogP contribution in [0.5, 0.6) is 5.75 Å². The van der Waals surface area contributed by atoms with Gasteiger partial charge in [0.25, 0.3) is 0 Å². The first kappa shape index (κ1) is 17.0. The molecule has 0 bridgehead atoms. The Hall–Kier alpha value is -2.33. The van der Waals surface area contributed by atoms with E-state index in [0.29, 0.717) is 13.0 Å². The molecule has 1 aromatic heterocycles. The molecule has 1 heterocycles. The van der Waals surface area contributed by atoms with Crippen LogP contribution in [-0.4, -0.2) is 21.9 Å². The summed E-state index contributed by atoms with van der Waals surface area (Å²) in [6.45, 7) is 3.15. The lowest BCUT2D eigenvalue weighted by atomic mass is 10.1. The molecule has 0 aliphatic carbocycles. The summed E-state index contributed by atoms with van der Waals surface area (Å²) in [7, 11) is 0. The molecular formula is C18H18ClN2O2-. The molecule has 0 atom stereocenters. The maximum atomic E-state index is 11.6. The number of fused-ring (bicyclic) bond motifs is 1. The molecule has 0 unspecified atom stereocenters. The van der Waals surface area contributed by atoms with Crippen LogP contribution in [0.25, 0.3) is 11.0 Å². The normalized spacial score (nSPS) is 10.3. The summed E-state index contributed by atoms with van der Waals surface area (Å²) in [5.74, 6) is 0.925. The Morgan fingerprint density at radius 1 is 1.13 bits per heavy atom. The van der Waals surface area contributed by atoms with Gasteiger partial charge in [0, 0.05) is 12.0 Å². The number of nitrogens with zero attached hydrogens (tertiary/aromatic N) is 2. The number of Topliss-reactive ketones (excluding diaryl/α,β-unsaturated/α-hetero) is 1. The second-order valence-corrected chi connectivity index (χ2v) is 5.08. The van der Waals surface area contributed by atoms with Gasteiger partial charge in [-0.2, -0.15) is 0 Å². The smallest absolute Gasteiger partial charge is 0.162 e. The van der Waals surface area contributed by atoms with Gasteiger partial charge in [0.15, 0.2) is 5.78 Å². The number of aromatic nitrogens is 2. The van der Waals surface area contributed by atoms with E-state index in [1.807, 2.05) is 61.8 Å². The molecule has 0 amide bonds. The van der Waals surface area contributed by atoms with Gasteiger partial charge in [-0.15, -0.1) is 0 Å². The van der Waals surface area contributed by atoms with E-state index in [4.69, 9.17) is 4.74 Å². The number of ketones is 1. The van der Waals surface area contributed by atoms with Gasteiger partial charge in [0.05, 0.1) is 23.9 Å². The zero-order valence-electron chi connectivity index (χ0n) is 12.9. The van der Waals surface area contributed by atoms with Gasteiger partial charge in [-0.3, -0.25) is 4.79 Å². The zero-order chi connectivity index (χ0) is 15.4. The van der Waals surface area contributed by atoms with Crippen molar-refractivity contribution in [3.63, 3.8) is 0 Å². The summed E-state index contributed by atoms with van der Waals surface area (Å²) in [4.78, 5) is 15.9. The number of hydrogen-bond donors (Lipinski definition) is 0. The second kappa shape index (κ2) is 7.79. The van der Waals surface area contributed by atoms with Crippen molar-refractivity contribution in [2.24, 2.45) is 0 Å². The lowest BCUT2D eigenvalue weighted by Gasteiger charge is -2.08. The van der Waals surface area contributed by atoms with Crippen LogP contribution in [0.4, 0.5) is 0 Å². The first-order valence-corrected chi connectivity index (χ1v) is 7.44. The topological polar surface area (TPSA) is 44.1 Å². The van der Waals surface area contributed by atoms with Crippen molar-refractivity contribution in [3.8, 4) is 5.75 Å². The van der Waals surface area contributed by atoms with Crippen molar-refractivity contribution in [2.45, 2.75) is 19.9 Å². The molecular weight excluding hydrogens is 312 g/mol. The highest BCUT2D eigenvalue weighted by atomic mass is 35.5. The van der Waals surface area contributed by atoms with Gasteiger partial charge in [-0.1, -0.05) is 19.1 Å². The highest BCUT2D eigenvalue weighted by Gasteiger charge is 2.04. The number of hydrogen-bond acceptors (Lipinski definition) is 3. The van der Waals surface area contributed by atoms with Crippen molar-refractivity contribution in [2.75, 3.05) is 6.61 Å². The maximum absolute atomic E-state index is 11.6. The summed E-state index contributed by atoms with van der Waals surface area (Å²) >= 11 is 0. The van der Waals surface area contributed by atoms with E-state index < -0.39 is 0 Å². The summed E-state index contributed by atoms with van der Waals surface area (Å²) in [6, 6.07) is 15.3. The van der Waals surface area contributed by atoms with E-state index in [9.17, 15) is 4.79 Å². The molecule has 120 valence electrons. The lowest BCUT2D eigenvalue weighted by molar-refractivity contribution is -0.0000128. The van der Waals surface area contributed by atoms with Crippen molar-refractivity contribution in [1.29, 1.82) is 0 Å². The molecule has 0 aliphatic rings. The van der Waals surface area contributed by atoms with Crippen LogP contribution < -0.4 is 17.1 Å². The van der Waals surface area contributed by atoms with Gasteiger partial charge in [0.1, 0.15) is 12.4 Å².